The fourth-order valence-corrected chi connectivity index (χ4v) is 3.16. The lowest BCUT2D eigenvalue weighted by atomic mass is 9.93. The summed E-state index contributed by atoms with van der Waals surface area (Å²) in [5.74, 6) is 2.22. The van der Waals surface area contributed by atoms with Crippen LogP contribution in [0.25, 0.3) is 11.5 Å². The summed E-state index contributed by atoms with van der Waals surface area (Å²) >= 11 is 0. The first-order valence-electron chi connectivity index (χ1n) is 9.51. The predicted molar refractivity (Wildman–Crippen MR) is 107 cm³/mol. The monoisotopic (exact) mass is 393 g/mol. The molecule has 0 spiro atoms. The first kappa shape index (κ1) is 19.0. The number of aryl methyl sites for hydroxylation is 2. The minimum absolute atomic E-state index is 0.0947. The van der Waals surface area contributed by atoms with E-state index in [2.05, 4.69) is 15.5 Å². The van der Waals surface area contributed by atoms with Crippen LogP contribution in [0.3, 0.4) is 0 Å². The number of amides is 1. The number of carbonyl (C=O) groups is 1. The summed E-state index contributed by atoms with van der Waals surface area (Å²) in [4.78, 5) is 12.5. The van der Waals surface area contributed by atoms with Crippen molar-refractivity contribution in [3.05, 3.63) is 59.5 Å². The van der Waals surface area contributed by atoms with Crippen molar-refractivity contribution in [3.8, 4) is 23.0 Å². The number of rotatable bonds is 6. The maximum absolute atomic E-state index is 12.5. The molecule has 1 aliphatic heterocycles. The molecule has 4 rings (SSSR count). The van der Waals surface area contributed by atoms with Crippen molar-refractivity contribution >= 4 is 5.91 Å². The summed E-state index contributed by atoms with van der Waals surface area (Å²) in [5.41, 5.74) is 2.41. The smallest absolute Gasteiger partial charge is 0.247 e. The second-order valence-corrected chi connectivity index (χ2v) is 7.61. The van der Waals surface area contributed by atoms with E-state index in [1.54, 1.807) is 0 Å². The van der Waals surface area contributed by atoms with Crippen LogP contribution >= 0.6 is 0 Å². The Morgan fingerprint density at radius 1 is 1.07 bits per heavy atom. The second kappa shape index (κ2) is 7.58. The van der Waals surface area contributed by atoms with Crippen LogP contribution in [-0.4, -0.2) is 22.9 Å². The highest BCUT2D eigenvalue weighted by Gasteiger charge is 2.25. The van der Waals surface area contributed by atoms with E-state index in [1.165, 1.54) is 0 Å². The Kier molecular flexibility index (Phi) is 4.96. The zero-order valence-corrected chi connectivity index (χ0v) is 16.7. The van der Waals surface area contributed by atoms with Crippen LogP contribution in [0.2, 0.25) is 0 Å². The van der Waals surface area contributed by atoms with Crippen molar-refractivity contribution in [3.63, 3.8) is 0 Å². The van der Waals surface area contributed by atoms with Crippen LogP contribution in [-0.2, 0) is 16.8 Å². The molecule has 0 fully saturated rings. The molecule has 0 unspecified atom stereocenters. The molecular formula is C22H23N3O4. The quantitative estimate of drug-likeness (QED) is 0.686. The molecule has 3 aromatic rings. The topological polar surface area (TPSA) is 86.5 Å². The van der Waals surface area contributed by atoms with Gasteiger partial charge in [0, 0.05) is 18.4 Å². The van der Waals surface area contributed by atoms with Gasteiger partial charge in [-0.1, -0.05) is 23.8 Å². The molecule has 0 saturated carbocycles. The number of carbonyl (C=O) groups excluding carboxylic acids is 1. The highest BCUT2D eigenvalue weighted by molar-refractivity contribution is 5.77. The number of nitrogens with one attached hydrogen (secondary N) is 1. The van der Waals surface area contributed by atoms with Gasteiger partial charge in [0.15, 0.2) is 11.5 Å². The van der Waals surface area contributed by atoms with Gasteiger partial charge in [0.05, 0.1) is 5.54 Å². The number of aromatic nitrogens is 2. The first-order chi connectivity index (χ1) is 13.9. The highest BCUT2D eigenvalue weighted by atomic mass is 16.7. The number of nitrogens with zero attached hydrogens (tertiary/aromatic N) is 2. The van der Waals surface area contributed by atoms with Crippen molar-refractivity contribution in [2.75, 3.05) is 6.79 Å². The van der Waals surface area contributed by atoms with Crippen LogP contribution < -0.4 is 14.8 Å². The van der Waals surface area contributed by atoms with E-state index in [-0.39, 0.29) is 19.1 Å². The third kappa shape index (κ3) is 4.23. The van der Waals surface area contributed by atoms with Gasteiger partial charge in [0.1, 0.15) is 0 Å². The van der Waals surface area contributed by atoms with Gasteiger partial charge in [-0.15, -0.1) is 10.2 Å². The Morgan fingerprint density at radius 2 is 1.83 bits per heavy atom. The summed E-state index contributed by atoms with van der Waals surface area (Å²) in [5, 5.41) is 11.2. The van der Waals surface area contributed by atoms with Crippen molar-refractivity contribution in [2.45, 2.75) is 39.2 Å². The fourth-order valence-electron chi connectivity index (χ4n) is 3.16. The van der Waals surface area contributed by atoms with Crippen LogP contribution in [0.5, 0.6) is 11.5 Å². The van der Waals surface area contributed by atoms with E-state index in [0.717, 1.165) is 22.4 Å². The molecular weight excluding hydrogens is 370 g/mol. The summed E-state index contributed by atoms with van der Waals surface area (Å²) in [6.45, 7) is 6.14. The van der Waals surface area contributed by atoms with Gasteiger partial charge in [-0.25, -0.2) is 0 Å². The Morgan fingerprint density at radius 3 is 2.62 bits per heavy atom. The van der Waals surface area contributed by atoms with Gasteiger partial charge < -0.3 is 19.2 Å². The van der Waals surface area contributed by atoms with E-state index in [9.17, 15) is 4.79 Å². The van der Waals surface area contributed by atoms with E-state index in [0.29, 0.717) is 24.0 Å². The molecule has 2 heterocycles. The van der Waals surface area contributed by atoms with E-state index in [1.807, 2.05) is 63.2 Å². The molecule has 7 nitrogen and oxygen atoms in total. The predicted octanol–water partition coefficient (Wildman–Crippen LogP) is 3.76. The standard InChI is InChI=1S/C22H23N3O4/c1-14-4-6-15(7-5-14)21-25-24-20(29-21)11-10-19(26)23-22(2,3)16-8-9-17-18(12-16)28-13-27-17/h4-9,12H,10-11,13H2,1-3H3,(H,23,26). The number of ether oxygens (including phenoxy) is 2. The Bertz CT molecular complexity index is 1020. The van der Waals surface area contributed by atoms with Crippen molar-refractivity contribution in [1.29, 1.82) is 0 Å². The lowest BCUT2D eigenvalue weighted by Gasteiger charge is -2.27. The van der Waals surface area contributed by atoms with E-state index in [4.69, 9.17) is 13.9 Å². The summed E-state index contributed by atoms with van der Waals surface area (Å²) in [6, 6.07) is 13.5. The SMILES string of the molecule is Cc1ccc(-c2nnc(CCC(=O)NC(C)(C)c3ccc4c(c3)OCO4)o2)cc1. The van der Waals surface area contributed by atoms with Crippen LogP contribution in [0.15, 0.2) is 46.9 Å². The Balaban J connectivity index is 1.35. The number of fused-ring (bicyclic) bond motifs is 1. The molecule has 150 valence electrons. The molecule has 0 radical (unpaired) electrons. The van der Waals surface area contributed by atoms with Gasteiger partial charge in [0.25, 0.3) is 0 Å². The third-order valence-electron chi connectivity index (χ3n) is 4.88. The van der Waals surface area contributed by atoms with Crippen LogP contribution in [0.1, 0.15) is 37.3 Å². The summed E-state index contributed by atoms with van der Waals surface area (Å²) in [6.07, 6.45) is 0.630. The maximum atomic E-state index is 12.5. The average molecular weight is 393 g/mol. The molecule has 29 heavy (non-hydrogen) atoms. The highest BCUT2D eigenvalue weighted by Crippen LogP contribution is 2.35. The molecule has 1 amide bonds. The van der Waals surface area contributed by atoms with Gasteiger partial charge >= 0.3 is 0 Å². The Hall–Kier alpha value is -3.35. The van der Waals surface area contributed by atoms with Crippen molar-refractivity contribution < 1.29 is 18.7 Å². The van der Waals surface area contributed by atoms with Gasteiger partial charge in [-0.05, 0) is 50.6 Å². The second-order valence-electron chi connectivity index (χ2n) is 7.61. The maximum Gasteiger partial charge on any atom is 0.247 e. The lowest BCUT2D eigenvalue weighted by molar-refractivity contribution is -0.122. The van der Waals surface area contributed by atoms with Crippen LogP contribution in [0, 0.1) is 6.92 Å². The minimum atomic E-state index is -0.556. The molecule has 0 bridgehead atoms. The molecule has 1 aliphatic rings. The molecule has 1 aromatic heterocycles. The zero-order chi connectivity index (χ0) is 20.4. The summed E-state index contributed by atoms with van der Waals surface area (Å²) < 4.78 is 16.5. The van der Waals surface area contributed by atoms with Crippen LogP contribution in [0.4, 0.5) is 0 Å². The van der Waals surface area contributed by atoms with Crippen molar-refractivity contribution in [2.24, 2.45) is 0 Å². The molecule has 0 atom stereocenters. The van der Waals surface area contributed by atoms with Gasteiger partial charge in [-0.2, -0.15) is 0 Å². The third-order valence-corrected chi connectivity index (χ3v) is 4.88. The molecule has 0 aliphatic carbocycles. The van der Waals surface area contributed by atoms with Crippen molar-refractivity contribution in [1.82, 2.24) is 15.5 Å². The first-order valence-corrected chi connectivity index (χ1v) is 9.51. The van der Waals surface area contributed by atoms with E-state index < -0.39 is 5.54 Å². The minimum Gasteiger partial charge on any atom is -0.454 e. The largest absolute Gasteiger partial charge is 0.454 e. The lowest BCUT2D eigenvalue weighted by Crippen LogP contribution is -2.41. The number of hydrogen-bond acceptors (Lipinski definition) is 6. The molecule has 0 saturated heterocycles. The molecule has 1 N–H and O–H groups in total. The average Bonchev–Trinajstić information content (AvgIpc) is 3.35. The Labute approximate surface area is 169 Å². The molecule has 2 aromatic carbocycles. The summed E-state index contributed by atoms with van der Waals surface area (Å²) in [7, 11) is 0. The van der Waals surface area contributed by atoms with E-state index >= 15 is 0 Å². The zero-order valence-electron chi connectivity index (χ0n) is 16.7. The fraction of sp³-hybridized carbons (Fsp3) is 0.318. The number of hydrogen-bond donors (Lipinski definition) is 1. The number of benzene rings is 2. The molecule has 7 heteroatoms. The normalized spacial score (nSPS) is 12.8. The van der Waals surface area contributed by atoms with Gasteiger partial charge in [0.2, 0.25) is 24.5 Å². The van der Waals surface area contributed by atoms with Gasteiger partial charge in [-0.3, -0.25) is 4.79 Å².